The summed E-state index contributed by atoms with van der Waals surface area (Å²) in [6.45, 7) is 5.85. The van der Waals surface area contributed by atoms with E-state index in [1.807, 2.05) is 57.2 Å². The van der Waals surface area contributed by atoms with E-state index in [0.717, 1.165) is 16.8 Å². The van der Waals surface area contributed by atoms with E-state index in [0.29, 0.717) is 11.3 Å². The predicted molar refractivity (Wildman–Crippen MR) is 98.5 cm³/mol. The van der Waals surface area contributed by atoms with Gasteiger partial charge in [0.25, 0.3) is 5.91 Å². The number of hydrogen-bond acceptors (Lipinski definition) is 3. The van der Waals surface area contributed by atoms with Crippen molar-refractivity contribution < 1.29 is 9.90 Å². The van der Waals surface area contributed by atoms with Crippen LogP contribution < -0.4 is 5.32 Å². The second kappa shape index (κ2) is 6.81. The molecule has 0 aliphatic rings. The fourth-order valence-corrected chi connectivity index (χ4v) is 2.66. The van der Waals surface area contributed by atoms with Gasteiger partial charge in [0.05, 0.1) is 17.4 Å². The second-order valence-corrected chi connectivity index (χ2v) is 6.34. The minimum Gasteiger partial charge on any atom is -0.508 e. The van der Waals surface area contributed by atoms with E-state index in [1.165, 1.54) is 0 Å². The molecule has 1 heterocycles. The van der Waals surface area contributed by atoms with E-state index in [-0.39, 0.29) is 17.6 Å². The molecule has 2 N–H and O–H groups in total. The lowest BCUT2D eigenvalue weighted by Crippen LogP contribution is -2.12. The first-order valence-corrected chi connectivity index (χ1v) is 8.20. The molecule has 1 amide bonds. The van der Waals surface area contributed by atoms with Crippen molar-refractivity contribution in [2.45, 2.75) is 26.7 Å². The van der Waals surface area contributed by atoms with Crippen LogP contribution in [0.5, 0.6) is 5.75 Å². The van der Waals surface area contributed by atoms with Crippen LogP contribution in [-0.4, -0.2) is 20.8 Å². The molecule has 128 valence electrons. The van der Waals surface area contributed by atoms with Crippen LogP contribution in [0.25, 0.3) is 5.69 Å². The van der Waals surface area contributed by atoms with Gasteiger partial charge >= 0.3 is 0 Å². The topological polar surface area (TPSA) is 67.2 Å². The molecule has 0 aliphatic heterocycles. The van der Waals surface area contributed by atoms with Gasteiger partial charge in [0, 0.05) is 11.9 Å². The smallest absolute Gasteiger partial charge is 0.258 e. The molecule has 0 radical (unpaired) electrons. The second-order valence-electron chi connectivity index (χ2n) is 6.34. The predicted octanol–water partition coefficient (Wildman–Crippen LogP) is 4.26. The van der Waals surface area contributed by atoms with E-state index in [4.69, 9.17) is 0 Å². The summed E-state index contributed by atoms with van der Waals surface area (Å²) in [7, 11) is 0. The quantitative estimate of drug-likeness (QED) is 0.700. The molecule has 0 spiro atoms. The van der Waals surface area contributed by atoms with Gasteiger partial charge in [-0.3, -0.25) is 4.79 Å². The van der Waals surface area contributed by atoms with E-state index >= 15 is 0 Å². The van der Waals surface area contributed by atoms with Crippen molar-refractivity contribution in [2.75, 3.05) is 5.32 Å². The van der Waals surface area contributed by atoms with Crippen LogP contribution in [0.3, 0.4) is 0 Å². The molecule has 0 atom stereocenters. The largest absolute Gasteiger partial charge is 0.508 e. The van der Waals surface area contributed by atoms with Crippen LogP contribution in [0.1, 0.15) is 41.3 Å². The van der Waals surface area contributed by atoms with Gasteiger partial charge in [0.1, 0.15) is 5.75 Å². The molecule has 5 nitrogen and oxygen atoms in total. The van der Waals surface area contributed by atoms with Crippen LogP contribution in [-0.2, 0) is 0 Å². The number of benzene rings is 2. The van der Waals surface area contributed by atoms with Crippen LogP contribution in [0.2, 0.25) is 0 Å². The first kappa shape index (κ1) is 16.8. The number of carbonyl (C=O) groups is 1. The molecular weight excluding hydrogens is 314 g/mol. The fourth-order valence-electron chi connectivity index (χ4n) is 2.66. The summed E-state index contributed by atoms with van der Waals surface area (Å²) in [5.41, 5.74) is 3.68. The van der Waals surface area contributed by atoms with Crippen LogP contribution in [0.15, 0.2) is 54.9 Å². The third-order valence-corrected chi connectivity index (χ3v) is 4.11. The van der Waals surface area contributed by atoms with Crippen molar-refractivity contribution in [1.82, 2.24) is 9.78 Å². The number of rotatable bonds is 4. The van der Waals surface area contributed by atoms with Crippen molar-refractivity contribution in [3.63, 3.8) is 0 Å². The molecule has 5 heteroatoms. The number of aromatic nitrogens is 2. The zero-order valence-electron chi connectivity index (χ0n) is 14.5. The lowest BCUT2D eigenvalue weighted by Gasteiger charge is -2.14. The summed E-state index contributed by atoms with van der Waals surface area (Å²) < 4.78 is 1.66. The zero-order chi connectivity index (χ0) is 18.0. The molecule has 0 saturated heterocycles. The molecule has 0 bridgehead atoms. The molecule has 3 aromatic rings. The Kier molecular flexibility index (Phi) is 4.57. The highest BCUT2D eigenvalue weighted by Gasteiger charge is 2.14. The first-order chi connectivity index (χ1) is 12.0. The van der Waals surface area contributed by atoms with Crippen LogP contribution in [0.4, 0.5) is 5.69 Å². The van der Waals surface area contributed by atoms with Gasteiger partial charge in [-0.25, -0.2) is 4.68 Å². The molecule has 25 heavy (non-hydrogen) atoms. The third-order valence-electron chi connectivity index (χ3n) is 4.11. The molecule has 0 fully saturated rings. The summed E-state index contributed by atoms with van der Waals surface area (Å²) >= 11 is 0. The summed E-state index contributed by atoms with van der Waals surface area (Å²) in [5, 5.41) is 17.2. The van der Waals surface area contributed by atoms with Crippen molar-refractivity contribution in [2.24, 2.45) is 0 Å². The summed E-state index contributed by atoms with van der Waals surface area (Å²) in [6.07, 6.45) is 3.24. The zero-order valence-corrected chi connectivity index (χ0v) is 14.5. The Morgan fingerprint density at radius 3 is 2.60 bits per heavy atom. The molecular formula is C20H21N3O2. The van der Waals surface area contributed by atoms with Gasteiger partial charge in [-0.15, -0.1) is 0 Å². The number of carbonyl (C=O) groups excluding carboxylic acids is 1. The number of nitrogens with zero attached hydrogens (tertiary/aromatic N) is 2. The SMILES string of the molecule is Cc1cc(O)c(C(C)C)cc1NC(=O)c1cnn(-c2ccccc2)c1. The normalized spacial score (nSPS) is 10.9. The average Bonchev–Trinajstić information content (AvgIpc) is 3.08. The fraction of sp³-hybridized carbons (Fsp3) is 0.200. The van der Waals surface area contributed by atoms with E-state index in [9.17, 15) is 9.90 Å². The minimum absolute atomic E-state index is 0.164. The van der Waals surface area contributed by atoms with Crippen molar-refractivity contribution >= 4 is 11.6 Å². The number of para-hydroxylation sites is 1. The number of amides is 1. The Labute approximate surface area is 146 Å². The summed E-state index contributed by atoms with van der Waals surface area (Å²) in [6, 6.07) is 13.1. The third kappa shape index (κ3) is 3.55. The van der Waals surface area contributed by atoms with Crippen molar-refractivity contribution in [3.8, 4) is 11.4 Å². The van der Waals surface area contributed by atoms with Gasteiger partial charge in [0.15, 0.2) is 0 Å². The lowest BCUT2D eigenvalue weighted by molar-refractivity contribution is 0.102. The summed E-state index contributed by atoms with van der Waals surface area (Å²) in [5.74, 6) is 0.185. The number of phenols is 1. The Morgan fingerprint density at radius 1 is 1.20 bits per heavy atom. The molecule has 3 rings (SSSR count). The summed E-state index contributed by atoms with van der Waals surface area (Å²) in [4.78, 5) is 12.6. The number of aromatic hydroxyl groups is 1. The van der Waals surface area contributed by atoms with Gasteiger partial charge in [-0.2, -0.15) is 5.10 Å². The maximum Gasteiger partial charge on any atom is 0.258 e. The maximum atomic E-state index is 12.6. The Bertz CT molecular complexity index is 899. The van der Waals surface area contributed by atoms with Crippen LogP contribution in [0, 0.1) is 6.92 Å². The minimum atomic E-state index is -0.231. The number of anilines is 1. The molecule has 2 aromatic carbocycles. The molecule has 0 saturated carbocycles. The van der Waals surface area contributed by atoms with E-state index in [2.05, 4.69) is 10.4 Å². The Balaban J connectivity index is 1.84. The molecule has 1 aromatic heterocycles. The van der Waals surface area contributed by atoms with Gasteiger partial charge in [-0.1, -0.05) is 32.0 Å². The highest BCUT2D eigenvalue weighted by Crippen LogP contribution is 2.31. The first-order valence-electron chi connectivity index (χ1n) is 8.20. The highest BCUT2D eigenvalue weighted by molar-refractivity contribution is 6.04. The molecule has 0 aliphatic carbocycles. The van der Waals surface area contributed by atoms with Gasteiger partial charge < -0.3 is 10.4 Å². The number of nitrogens with one attached hydrogen (secondary N) is 1. The van der Waals surface area contributed by atoms with Crippen molar-refractivity contribution in [1.29, 1.82) is 0 Å². The van der Waals surface area contributed by atoms with E-state index in [1.54, 1.807) is 23.1 Å². The standard InChI is InChI=1S/C20H21N3O2/c1-13(2)17-10-18(14(3)9-19(17)24)22-20(25)15-11-21-23(12-15)16-7-5-4-6-8-16/h4-13,24H,1-3H3,(H,22,25). The highest BCUT2D eigenvalue weighted by atomic mass is 16.3. The van der Waals surface area contributed by atoms with Gasteiger partial charge in [0.2, 0.25) is 0 Å². The molecule has 0 unspecified atom stereocenters. The van der Waals surface area contributed by atoms with Crippen molar-refractivity contribution in [3.05, 3.63) is 71.5 Å². The van der Waals surface area contributed by atoms with Crippen LogP contribution >= 0.6 is 0 Å². The number of hydrogen-bond donors (Lipinski definition) is 2. The lowest BCUT2D eigenvalue weighted by atomic mass is 9.99. The number of aryl methyl sites for hydroxylation is 1. The Morgan fingerprint density at radius 2 is 1.92 bits per heavy atom. The van der Waals surface area contributed by atoms with E-state index < -0.39 is 0 Å². The Hall–Kier alpha value is -3.08. The number of phenolic OH excluding ortho intramolecular Hbond substituents is 1. The monoisotopic (exact) mass is 335 g/mol. The van der Waals surface area contributed by atoms with Gasteiger partial charge in [-0.05, 0) is 48.2 Å². The maximum absolute atomic E-state index is 12.6. The average molecular weight is 335 g/mol.